The number of sulfonamides is 1. The van der Waals surface area contributed by atoms with E-state index >= 15 is 0 Å². The van der Waals surface area contributed by atoms with Gasteiger partial charge in [-0.15, -0.1) is 0 Å². The van der Waals surface area contributed by atoms with Crippen molar-refractivity contribution in [3.8, 4) is 0 Å². The Morgan fingerprint density at radius 1 is 1.33 bits per heavy atom. The second-order valence-electron chi connectivity index (χ2n) is 4.41. The topological polar surface area (TPSA) is 86.9 Å². The summed E-state index contributed by atoms with van der Waals surface area (Å²) in [6.45, 7) is 3.58. The summed E-state index contributed by atoms with van der Waals surface area (Å²) in [6.07, 6.45) is 3.23. The third-order valence-electron chi connectivity index (χ3n) is 2.85. The van der Waals surface area contributed by atoms with Crippen molar-refractivity contribution in [2.75, 3.05) is 6.54 Å². The van der Waals surface area contributed by atoms with Gasteiger partial charge in [0.1, 0.15) is 5.82 Å². The van der Waals surface area contributed by atoms with E-state index in [4.69, 9.17) is 0 Å². The summed E-state index contributed by atoms with van der Waals surface area (Å²) in [4.78, 5) is 7.07. The molecule has 1 aromatic carbocycles. The molecule has 0 aliphatic heterocycles. The molecule has 0 atom stereocenters. The minimum absolute atomic E-state index is 0.124. The largest absolute Gasteiger partial charge is 0.347 e. The number of halogens is 1. The molecular formula is C13H17BrN4O2S. The number of benzene rings is 1. The lowest BCUT2D eigenvalue weighted by Gasteiger charge is -2.10. The number of hydrogen-bond donors (Lipinski definition) is 3. The number of nitrogens with one attached hydrogen (secondary N) is 3. The summed E-state index contributed by atoms with van der Waals surface area (Å²) in [5, 5.41) is 3.17. The molecule has 0 saturated heterocycles. The Kier molecular flexibility index (Phi) is 5.51. The van der Waals surface area contributed by atoms with Crippen molar-refractivity contribution in [3.63, 3.8) is 0 Å². The maximum Gasteiger partial charge on any atom is 0.242 e. The number of rotatable bonds is 7. The second kappa shape index (κ2) is 7.17. The molecule has 0 amide bonds. The number of nitrogens with zero attached hydrogens (tertiary/aromatic N) is 1. The van der Waals surface area contributed by atoms with Crippen molar-refractivity contribution in [1.29, 1.82) is 0 Å². The molecule has 2 rings (SSSR count). The molecule has 1 heterocycles. The van der Waals surface area contributed by atoms with Gasteiger partial charge >= 0.3 is 0 Å². The van der Waals surface area contributed by atoms with Gasteiger partial charge in [-0.2, -0.15) is 0 Å². The van der Waals surface area contributed by atoms with Gasteiger partial charge in [0.25, 0.3) is 0 Å². The van der Waals surface area contributed by atoms with Crippen molar-refractivity contribution >= 4 is 26.0 Å². The van der Waals surface area contributed by atoms with Gasteiger partial charge < -0.3 is 10.3 Å². The minimum Gasteiger partial charge on any atom is -0.347 e. The van der Waals surface area contributed by atoms with E-state index in [1.807, 2.05) is 13.0 Å². The second-order valence-corrected chi connectivity index (χ2v) is 7.00. The number of H-pyrrole nitrogens is 1. The summed E-state index contributed by atoms with van der Waals surface area (Å²) in [6, 6.07) is 5.30. The number of imidazole rings is 1. The molecule has 6 nitrogen and oxygen atoms in total. The van der Waals surface area contributed by atoms with Crippen LogP contribution in [0.3, 0.4) is 0 Å². The summed E-state index contributed by atoms with van der Waals surface area (Å²) in [7, 11) is -3.60. The molecule has 114 valence electrons. The third-order valence-corrected chi connectivity index (χ3v) is 5.24. The average Bonchev–Trinajstić information content (AvgIpc) is 2.97. The Hall–Kier alpha value is -1.22. The van der Waals surface area contributed by atoms with Crippen LogP contribution in [-0.4, -0.2) is 24.9 Å². The molecule has 0 saturated carbocycles. The van der Waals surface area contributed by atoms with Crippen molar-refractivity contribution in [2.24, 2.45) is 0 Å². The number of hydrogen-bond acceptors (Lipinski definition) is 4. The molecule has 0 aliphatic rings. The Balaban J connectivity index is 2.17. The molecule has 3 N–H and O–H groups in total. The Morgan fingerprint density at radius 3 is 2.81 bits per heavy atom. The lowest BCUT2D eigenvalue weighted by atomic mass is 10.2. The van der Waals surface area contributed by atoms with Gasteiger partial charge in [-0.1, -0.05) is 13.0 Å². The maximum absolute atomic E-state index is 12.4. The van der Waals surface area contributed by atoms with E-state index in [9.17, 15) is 8.42 Å². The normalized spacial score (nSPS) is 11.7. The van der Waals surface area contributed by atoms with Gasteiger partial charge in [-0.25, -0.2) is 18.1 Å². The minimum atomic E-state index is -3.60. The predicted octanol–water partition coefficient (Wildman–Crippen LogP) is 1.76. The zero-order chi connectivity index (χ0) is 15.3. The van der Waals surface area contributed by atoms with E-state index in [-0.39, 0.29) is 11.4 Å². The Bertz CT molecular complexity index is 686. The molecule has 0 spiro atoms. The highest BCUT2D eigenvalue weighted by Gasteiger charge is 2.18. The molecular weight excluding hydrogens is 356 g/mol. The molecule has 2 aromatic rings. The fourth-order valence-electron chi connectivity index (χ4n) is 1.77. The summed E-state index contributed by atoms with van der Waals surface area (Å²) < 4.78 is 27.8. The highest BCUT2D eigenvalue weighted by Crippen LogP contribution is 2.23. The maximum atomic E-state index is 12.4. The van der Waals surface area contributed by atoms with E-state index in [0.29, 0.717) is 16.8 Å². The van der Waals surface area contributed by atoms with Crippen LogP contribution in [-0.2, 0) is 23.1 Å². The first kappa shape index (κ1) is 16.2. The molecule has 0 bridgehead atoms. The van der Waals surface area contributed by atoms with Crippen molar-refractivity contribution < 1.29 is 8.42 Å². The van der Waals surface area contributed by atoms with Crippen molar-refractivity contribution in [2.45, 2.75) is 24.9 Å². The van der Waals surface area contributed by atoms with E-state index in [0.717, 1.165) is 12.1 Å². The van der Waals surface area contributed by atoms with Crippen LogP contribution < -0.4 is 10.0 Å². The lowest BCUT2D eigenvalue weighted by molar-refractivity contribution is 0.579. The van der Waals surface area contributed by atoms with Crippen LogP contribution in [0.4, 0.5) is 0 Å². The zero-order valence-corrected chi connectivity index (χ0v) is 14.0. The molecule has 21 heavy (non-hydrogen) atoms. The number of aromatic amines is 1. The van der Waals surface area contributed by atoms with Crippen LogP contribution in [0, 0.1) is 0 Å². The zero-order valence-electron chi connectivity index (χ0n) is 11.6. The van der Waals surface area contributed by atoms with Gasteiger partial charge in [0.05, 0.1) is 11.4 Å². The lowest BCUT2D eigenvalue weighted by Crippen LogP contribution is -2.24. The van der Waals surface area contributed by atoms with E-state index < -0.39 is 10.0 Å². The molecule has 0 fully saturated rings. The number of aromatic nitrogens is 2. The van der Waals surface area contributed by atoms with Gasteiger partial charge in [0.2, 0.25) is 10.0 Å². The van der Waals surface area contributed by atoms with E-state index in [2.05, 4.69) is 35.9 Å². The van der Waals surface area contributed by atoms with Gasteiger partial charge in [-0.05, 0) is 40.2 Å². The Labute approximate surface area is 132 Å². The molecule has 1 aromatic heterocycles. The first-order chi connectivity index (χ1) is 10.0. The van der Waals surface area contributed by atoms with Crippen LogP contribution in [0.25, 0.3) is 0 Å². The van der Waals surface area contributed by atoms with Gasteiger partial charge in [0.15, 0.2) is 0 Å². The van der Waals surface area contributed by atoms with Gasteiger partial charge in [0, 0.05) is 23.4 Å². The predicted molar refractivity (Wildman–Crippen MR) is 84.1 cm³/mol. The average molecular weight is 373 g/mol. The summed E-state index contributed by atoms with van der Waals surface area (Å²) in [5.74, 6) is 0.568. The van der Waals surface area contributed by atoms with Crippen LogP contribution in [0.15, 0.2) is 40.0 Å². The highest BCUT2D eigenvalue weighted by atomic mass is 79.9. The standard InChI is InChI=1S/C13H17BrN4O2S/c1-2-15-8-10-3-4-11(14)12(7-10)21(19,20)18-9-13-16-5-6-17-13/h3-7,15,18H,2,8-9H2,1H3,(H,16,17). The molecule has 0 aliphatic carbocycles. The van der Waals surface area contributed by atoms with Crippen LogP contribution in [0.5, 0.6) is 0 Å². The quantitative estimate of drug-likeness (QED) is 0.690. The third kappa shape index (κ3) is 4.37. The van der Waals surface area contributed by atoms with Crippen molar-refractivity contribution in [3.05, 3.63) is 46.5 Å². The monoisotopic (exact) mass is 372 g/mol. The summed E-state index contributed by atoms with van der Waals surface area (Å²) >= 11 is 3.29. The smallest absolute Gasteiger partial charge is 0.242 e. The first-order valence-corrected chi connectivity index (χ1v) is 8.77. The first-order valence-electron chi connectivity index (χ1n) is 6.50. The van der Waals surface area contributed by atoms with Crippen LogP contribution in [0.2, 0.25) is 0 Å². The van der Waals surface area contributed by atoms with E-state index in [1.165, 1.54) is 0 Å². The summed E-state index contributed by atoms with van der Waals surface area (Å²) in [5.41, 5.74) is 0.915. The van der Waals surface area contributed by atoms with Crippen LogP contribution >= 0.6 is 15.9 Å². The van der Waals surface area contributed by atoms with Crippen molar-refractivity contribution in [1.82, 2.24) is 20.0 Å². The molecule has 8 heteroatoms. The van der Waals surface area contributed by atoms with Crippen LogP contribution in [0.1, 0.15) is 18.3 Å². The molecule has 0 unspecified atom stereocenters. The van der Waals surface area contributed by atoms with E-state index in [1.54, 1.807) is 24.5 Å². The Morgan fingerprint density at radius 2 is 2.14 bits per heavy atom. The SMILES string of the molecule is CCNCc1ccc(Br)c(S(=O)(=O)NCc2ncc[nH]2)c1. The van der Waals surface area contributed by atoms with Gasteiger partial charge in [-0.3, -0.25) is 0 Å². The molecule has 0 radical (unpaired) electrons. The highest BCUT2D eigenvalue weighted by molar-refractivity contribution is 9.10. The fourth-order valence-corrected chi connectivity index (χ4v) is 3.77. The fraction of sp³-hybridized carbons (Fsp3) is 0.308.